The Morgan fingerprint density at radius 1 is 1.30 bits per heavy atom. The van der Waals surface area contributed by atoms with Crippen LogP contribution in [-0.2, 0) is 4.79 Å². The van der Waals surface area contributed by atoms with E-state index in [1.165, 1.54) is 5.32 Å². The van der Waals surface area contributed by atoms with Gasteiger partial charge in [0.25, 0.3) is 0 Å². The monoisotopic (exact) mass is 306 g/mol. The van der Waals surface area contributed by atoms with Crippen LogP contribution < -0.4 is 10.1 Å². The first-order valence-electron chi connectivity index (χ1n) is 5.05. The summed E-state index contributed by atoms with van der Waals surface area (Å²) in [6.07, 6.45) is -11.5. The first kappa shape index (κ1) is 16.0. The van der Waals surface area contributed by atoms with Gasteiger partial charge in [0.2, 0.25) is 17.8 Å². The van der Waals surface area contributed by atoms with E-state index >= 15 is 0 Å². The summed E-state index contributed by atoms with van der Waals surface area (Å²) in [5, 5.41) is 6.58. The van der Waals surface area contributed by atoms with Crippen LogP contribution in [-0.4, -0.2) is 40.0 Å². The van der Waals surface area contributed by atoms with Crippen LogP contribution in [0.15, 0.2) is 0 Å². The summed E-state index contributed by atoms with van der Waals surface area (Å²) in [4.78, 5) is 14.4. The molecule has 12 heteroatoms. The zero-order valence-corrected chi connectivity index (χ0v) is 9.76. The summed E-state index contributed by atoms with van der Waals surface area (Å²) in [5.74, 6) is -7.16. The molecular formula is C8H8F6N4O2. The summed E-state index contributed by atoms with van der Waals surface area (Å²) >= 11 is 0. The highest BCUT2D eigenvalue weighted by atomic mass is 19.4. The van der Waals surface area contributed by atoms with Crippen molar-refractivity contribution in [2.45, 2.75) is 19.3 Å². The van der Waals surface area contributed by atoms with Crippen LogP contribution in [0.4, 0.5) is 32.3 Å². The van der Waals surface area contributed by atoms with Crippen molar-refractivity contribution in [1.29, 1.82) is 0 Å². The fourth-order valence-corrected chi connectivity index (χ4v) is 1.17. The third-order valence-corrected chi connectivity index (χ3v) is 1.90. The molecule has 0 aliphatic heterocycles. The van der Waals surface area contributed by atoms with Gasteiger partial charge in [0.15, 0.2) is 0 Å². The normalized spacial score (nSPS) is 12.6. The van der Waals surface area contributed by atoms with Crippen molar-refractivity contribution in [3.8, 4) is 6.01 Å². The molecule has 0 saturated heterocycles. The van der Waals surface area contributed by atoms with Crippen molar-refractivity contribution in [3.05, 3.63) is 0 Å². The lowest BCUT2D eigenvalue weighted by Gasteiger charge is -2.21. The molecule has 0 bridgehead atoms. The SMILES string of the molecule is CCOc1n[nH]c(NC(=O)C(C(F)(F)F)C(F)(F)F)n1. The maximum atomic E-state index is 12.2. The van der Waals surface area contributed by atoms with Gasteiger partial charge in [-0.05, 0) is 6.92 Å². The van der Waals surface area contributed by atoms with Crippen molar-refractivity contribution >= 4 is 11.9 Å². The second-order valence-electron chi connectivity index (χ2n) is 3.41. The predicted molar refractivity (Wildman–Crippen MR) is 51.8 cm³/mol. The highest BCUT2D eigenvalue weighted by molar-refractivity contribution is 5.92. The number of hydrogen-bond donors (Lipinski definition) is 2. The summed E-state index contributed by atoms with van der Waals surface area (Å²) in [5.41, 5.74) is 0. The maximum absolute atomic E-state index is 12.2. The molecule has 1 amide bonds. The number of amides is 1. The van der Waals surface area contributed by atoms with Gasteiger partial charge in [-0.15, -0.1) is 5.10 Å². The molecule has 0 aliphatic rings. The number of alkyl halides is 6. The summed E-state index contributed by atoms with van der Waals surface area (Å²) < 4.78 is 78.2. The average Bonchev–Trinajstić information content (AvgIpc) is 2.60. The molecule has 1 heterocycles. The number of nitrogens with zero attached hydrogens (tertiary/aromatic N) is 2. The zero-order chi connectivity index (χ0) is 15.6. The van der Waals surface area contributed by atoms with Gasteiger partial charge in [-0.2, -0.15) is 31.3 Å². The summed E-state index contributed by atoms with van der Waals surface area (Å²) in [6.45, 7) is 1.68. The number of anilines is 1. The topological polar surface area (TPSA) is 79.9 Å². The van der Waals surface area contributed by atoms with E-state index in [-0.39, 0.29) is 12.6 Å². The zero-order valence-electron chi connectivity index (χ0n) is 9.76. The van der Waals surface area contributed by atoms with Crippen LogP contribution in [0.3, 0.4) is 0 Å². The van der Waals surface area contributed by atoms with Gasteiger partial charge in [-0.3, -0.25) is 10.1 Å². The molecule has 2 N–H and O–H groups in total. The number of ether oxygens (including phenoxy) is 1. The van der Waals surface area contributed by atoms with E-state index in [9.17, 15) is 31.1 Å². The second kappa shape index (κ2) is 5.54. The molecule has 1 aromatic rings. The van der Waals surface area contributed by atoms with Crippen molar-refractivity contribution in [2.24, 2.45) is 5.92 Å². The minimum atomic E-state index is -5.77. The average molecular weight is 306 g/mol. The van der Waals surface area contributed by atoms with E-state index in [4.69, 9.17) is 4.74 Å². The molecule has 6 nitrogen and oxygen atoms in total. The van der Waals surface area contributed by atoms with Crippen LogP contribution >= 0.6 is 0 Å². The van der Waals surface area contributed by atoms with Crippen LogP contribution in [0, 0.1) is 5.92 Å². The van der Waals surface area contributed by atoms with E-state index in [0.29, 0.717) is 0 Å². The molecule has 0 aromatic carbocycles. The van der Waals surface area contributed by atoms with E-state index in [0.717, 1.165) is 0 Å². The van der Waals surface area contributed by atoms with E-state index in [1.54, 1.807) is 6.92 Å². The number of aromatic amines is 1. The predicted octanol–water partition coefficient (Wildman–Crippen LogP) is 1.88. The van der Waals surface area contributed by atoms with E-state index in [1.807, 2.05) is 5.10 Å². The van der Waals surface area contributed by atoms with E-state index in [2.05, 4.69) is 10.1 Å². The lowest BCUT2D eigenvalue weighted by molar-refractivity contribution is -0.272. The maximum Gasteiger partial charge on any atom is 0.409 e. The van der Waals surface area contributed by atoms with Crippen molar-refractivity contribution in [1.82, 2.24) is 15.2 Å². The standard InChI is InChI=1S/C8H8F6N4O2/c1-2-20-6-16-5(17-18-6)15-4(19)3(7(9,10)11)8(12,13)14/h3H,2H2,1H3,(H2,15,16,17,18,19). The van der Waals surface area contributed by atoms with Gasteiger partial charge in [-0.25, -0.2) is 5.10 Å². The van der Waals surface area contributed by atoms with Crippen molar-refractivity contribution in [3.63, 3.8) is 0 Å². The molecule has 0 saturated carbocycles. The highest BCUT2D eigenvalue weighted by Crippen LogP contribution is 2.39. The molecule has 0 fully saturated rings. The minimum absolute atomic E-state index is 0.124. The van der Waals surface area contributed by atoms with E-state index < -0.39 is 30.1 Å². The molecule has 114 valence electrons. The number of rotatable bonds is 4. The number of nitrogens with one attached hydrogen (secondary N) is 2. The highest BCUT2D eigenvalue weighted by Gasteiger charge is 2.61. The molecule has 20 heavy (non-hydrogen) atoms. The Bertz CT molecular complexity index is 454. The molecule has 1 rings (SSSR count). The number of aromatic nitrogens is 3. The number of halogens is 6. The third kappa shape index (κ3) is 3.99. The Morgan fingerprint density at radius 2 is 1.85 bits per heavy atom. The van der Waals surface area contributed by atoms with Gasteiger partial charge in [0, 0.05) is 0 Å². The van der Waals surface area contributed by atoms with Gasteiger partial charge < -0.3 is 4.74 Å². The fraction of sp³-hybridized carbons (Fsp3) is 0.625. The molecule has 0 radical (unpaired) electrons. The van der Waals surface area contributed by atoms with Crippen LogP contribution in [0.25, 0.3) is 0 Å². The lowest BCUT2D eigenvalue weighted by atomic mass is 10.1. The second-order valence-corrected chi connectivity index (χ2v) is 3.41. The quantitative estimate of drug-likeness (QED) is 0.832. The Hall–Kier alpha value is -2.01. The number of H-pyrrole nitrogens is 1. The summed E-state index contributed by atoms with van der Waals surface area (Å²) in [6, 6.07) is -0.321. The van der Waals surface area contributed by atoms with Crippen LogP contribution in [0.1, 0.15) is 6.92 Å². The smallest absolute Gasteiger partial charge is 0.409 e. The molecule has 0 atom stereocenters. The first-order valence-corrected chi connectivity index (χ1v) is 5.05. The molecular weight excluding hydrogens is 298 g/mol. The van der Waals surface area contributed by atoms with Crippen LogP contribution in [0.2, 0.25) is 0 Å². The number of carbonyl (C=O) groups is 1. The Labute approximate surface area is 107 Å². The van der Waals surface area contributed by atoms with Crippen LogP contribution in [0.5, 0.6) is 6.01 Å². The largest absolute Gasteiger partial charge is 0.463 e. The Kier molecular flexibility index (Phi) is 4.45. The fourth-order valence-electron chi connectivity index (χ4n) is 1.17. The Morgan fingerprint density at radius 3 is 2.30 bits per heavy atom. The van der Waals surface area contributed by atoms with Gasteiger partial charge in [-0.1, -0.05) is 0 Å². The van der Waals surface area contributed by atoms with Gasteiger partial charge >= 0.3 is 18.4 Å². The number of hydrogen-bond acceptors (Lipinski definition) is 4. The summed E-state index contributed by atoms with van der Waals surface area (Å²) in [7, 11) is 0. The third-order valence-electron chi connectivity index (χ3n) is 1.90. The molecule has 1 aromatic heterocycles. The minimum Gasteiger partial charge on any atom is -0.463 e. The van der Waals surface area contributed by atoms with Crippen molar-refractivity contribution < 1.29 is 35.9 Å². The number of carbonyl (C=O) groups excluding carboxylic acids is 1. The molecule has 0 aliphatic carbocycles. The lowest BCUT2D eigenvalue weighted by Crippen LogP contribution is -2.45. The first-order chi connectivity index (χ1) is 9.05. The van der Waals surface area contributed by atoms with Gasteiger partial charge in [0.1, 0.15) is 0 Å². The van der Waals surface area contributed by atoms with Crippen molar-refractivity contribution in [2.75, 3.05) is 11.9 Å². The molecule has 0 spiro atoms. The Balaban J connectivity index is 2.86. The molecule has 0 unspecified atom stereocenters. The van der Waals surface area contributed by atoms with Gasteiger partial charge in [0.05, 0.1) is 6.61 Å².